The molecular weight excluding hydrogens is 230 g/mol. The molecular formula is C13H21N3O2. The lowest BCUT2D eigenvalue weighted by molar-refractivity contribution is 0.0696. The first-order valence-electron chi connectivity index (χ1n) is 6.18. The van der Waals surface area contributed by atoms with Crippen LogP contribution in [-0.4, -0.2) is 36.2 Å². The summed E-state index contributed by atoms with van der Waals surface area (Å²) in [6.45, 7) is 5.69. The summed E-state index contributed by atoms with van der Waals surface area (Å²) in [6, 6.07) is 3.21. The number of pyridine rings is 1. The van der Waals surface area contributed by atoms with Gasteiger partial charge in [-0.3, -0.25) is 0 Å². The van der Waals surface area contributed by atoms with Gasteiger partial charge in [0.05, 0.1) is 5.56 Å². The molecule has 0 aliphatic carbocycles. The molecule has 0 bridgehead atoms. The zero-order valence-corrected chi connectivity index (χ0v) is 11.2. The number of carboxylic acid groups (broad SMARTS) is 1. The van der Waals surface area contributed by atoms with Crippen molar-refractivity contribution in [2.45, 2.75) is 26.2 Å². The zero-order chi connectivity index (χ0) is 13.5. The highest BCUT2D eigenvalue weighted by atomic mass is 16.4. The molecule has 3 N–H and O–H groups in total. The molecule has 0 amide bonds. The van der Waals surface area contributed by atoms with Gasteiger partial charge in [-0.05, 0) is 38.1 Å². The molecule has 1 heterocycles. The van der Waals surface area contributed by atoms with Crippen molar-refractivity contribution in [2.75, 3.05) is 25.5 Å². The SMILES string of the molecule is CNCCCNc1cc(C(=O)O)cc(C(C)C)n1. The van der Waals surface area contributed by atoms with Gasteiger partial charge in [0.1, 0.15) is 5.82 Å². The number of aromatic carboxylic acids is 1. The van der Waals surface area contributed by atoms with E-state index >= 15 is 0 Å². The predicted molar refractivity (Wildman–Crippen MR) is 72.3 cm³/mol. The standard InChI is InChI=1S/C13H21N3O2/c1-9(2)11-7-10(13(17)18)8-12(16-11)15-6-4-5-14-3/h7-9,14H,4-6H2,1-3H3,(H,15,16)(H,17,18). The fourth-order valence-electron chi connectivity index (χ4n) is 1.54. The van der Waals surface area contributed by atoms with Crippen molar-refractivity contribution in [3.05, 3.63) is 23.4 Å². The van der Waals surface area contributed by atoms with E-state index < -0.39 is 5.97 Å². The maximum absolute atomic E-state index is 11.0. The monoisotopic (exact) mass is 251 g/mol. The van der Waals surface area contributed by atoms with Crippen LogP contribution in [-0.2, 0) is 0 Å². The number of carbonyl (C=O) groups is 1. The minimum atomic E-state index is -0.919. The van der Waals surface area contributed by atoms with Gasteiger partial charge in [0, 0.05) is 12.2 Å². The average molecular weight is 251 g/mol. The third-order valence-electron chi connectivity index (χ3n) is 2.59. The number of anilines is 1. The third-order valence-corrected chi connectivity index (χ3v) is 2.59. The van der Waals surface area contributed by atoms with E-state index in [2.05, 4.69) is 15.6 Å². The van der Waals surface area contributed by atoms with Crippen LogP contribution in [0.25, 0.3) is 0 Å². The Morgan fingerprint density at radius 3 is 2.67 bits per heavy atom. The van der Waals surface area contributed by atoms with Crippen molar-refractivity contribution >= 4 is 11.8 Å². The third kappa shape index (κ3) is 4.33. The van der Waals surface area contributed by atoms with Crippen LogP contribution in [0.3, 0.4) is 0 Å². The topological polar surface area (TPSA) is 74.2 Å². The average Bonchev–Trinajstić information content (AvgIpc) is 2.34. The lowest BCUT2D eigenvalue weighted by Crippen LogP contribution is -2.14. The molecule has 0 aromatic carbocycles. The van der Waals surface area contributed by atoms with Gasteiger partial charge in [0.15, 0.2) is 0 Å². The first-order valence-corrected chi connectivity index (χ1v) is 6.18. The summed E-state index contributed by atoms with van der Waals surface area (Å²) in [5.41, 5.74) is 1.08. The quantitative estimate of drug-likeness (QED) is 0.646. The Morgan fingerprint density at radius 2 is 2.11 bits per heavy atom. The van der Waals surface area contributed by atoms with E-state index in [9.17, 15) is 4.79 Å². The summed E-state index contributed by atoms with van der Waals surface area (Å²) in [5.74, 6) is -0.0746. The van der Waals surface area contributed by atoms with Crippen LogP contribution in [0.2, 0.25) is 0 Å². The molecule has 1 aromatic rings. The molecule has 0 saturated carbocycles. The van der Waals surface area contributed by atoms with Crippen molar-refractivity contribution in [3.63, 3.8) is 0 Å². The minimum Gasteiger partial charge on any atom is -0.478 e. The highest BCUT2D eigenvalue weighted by Crippen LogP contribution is 2.17. The number of nitrogens with zero attached hydrogens (tertiary/aromatic N) is 1. The van der Waals surface area contributed by atoms with Crippen LogP contribution in [0.5, 0.6) is 0 Å². The first kappa shape index (κ1) is 14.4. The summed E-state index contributed by atoms with van der Waals surface area (Å²) >= 11 is 0. The summed E-state index contributed by atoms with van der Waals surface area (Å²) < 4.78 is 0. The molecule has 0 fully saturated rings. The van der Waals surface area contributed by atoms with Crippen LogP contribution < -0.4 is 10.6 Å². The van der Waals surface area contributed by atoms with E-state index in [0.717, 1.165) is 25.2 Å². The van der Waals surface area contributed by atoms with Crippen LogP contribution in [0, 0.1) is 0 Å². The lowest BCUT2D eigenvalue weighted by Gasteiger charge is -2.11. The maximum Gasteiger partial charge on any atom is 0.335 e. The minimum absolute atomic E-state index is 0.210. The Bertz CT molecular complexity index is 405. The number of hydrogen-bond acceptors (Lipinski definition) is 4. The largest absolute Gasteiger partial charge is 0.478 e. The molecule has 0 saturated heterocycles. The van der Waals surface area contributed by atoms with Crippen LogP contribution in [0.4, 0.5) is 5.82 Å². The van der Waals surface area contributed by atoms with E-state index in [-0.39, 0.29) is 11.5 Å². The van der Waals surface area contributed by atoms with Crippen molar-refractivity contribution in [3.8, 4) is 0 Å². The number of nitrogens with one attached hydrogen (secondary N) is 2. The second kappa shape index (κ2) is 6.96. The second-order valence-corrected chi connectivity index (χ2v) is 4.51. The maximum atomic E-state index is 11.0. The van der Waals surface area contributed by atoms with Gasteiger partial charge in [-0.1, -0.05) is 13.8 Å². The zero-order valence-electron chi connectivity index (χ0n) is 11.2. The van der Waals surface area contributed by atoms with Crippen molar-refractivity contribution in [1.29, 1.82) is 0 Å². The van der Waals surface area contributed by atoms with Crippen molar-refractivity contribution in [1.82, 2.24) is 10.3 Å². The smallest absolute Gasteiger partial charge is 0.335 e. The number of carboxylic acids is 1. The summed E-state index contributed by atoms with van der Waals surface area (Å²) in [4.78, 5) is 15.5. The molecule has 100 valence electrons. The first-order chi connectivity index (χ1) is 8.54. The van der Waals surface area contributed by atoms with E-state index in [4.69, 9.17) is 5.11 Å². The Morgan fingerprint density at radius 1 is 1.39 bits per heavy atom. The van der Waals surface area contributed by atoms with E-state index in [0.29, 0.717) is 5.82 Å². The van der Waals surface area contributed by atoms with E-state index in [1.807, 2.05) is 20.9 Å². The van der Waals surface area contributed by atoms with Gasteiger partial charge in [0.25, 0.3) is 0 Å². The molecule has 0 radical (unpaired) electrons. The fourth-order valence-corrected chi connectivity index (χ4v) is 1.54. The molecule has 5 heteroatoms. The normalized spacial score (nSPS) is 10.7. The molecule has 1 rings (SSSR count). The van der Waals surface area contributed by atoms with E-state index in [1.54, 1.807) is 12.1 Å². The highest BCUT2D eigenvalue weighted by molar-refractivity contribution is 5.88. The lowest BCUT2D eigenvalue weighted by atomic mass is 10.1. The Hall–Kier alpha value is -1.62. The number of aromatic nitrogens is 1. The summed E-state index contributed by atoms with van der Waals surface area (Å²) in [7, 11) is 1.90. The molecule has 0 atom stereocenters. The Balaban J connectivity index is 2.79. The fraction of sp³-hybridized carbons (Fsp3) is 0.538. The van der Waals surface area contributed by atoms with E-state index in [1.165, 1.54) is 0 Å². The molecule has 0 unspecified atom stereocenters. The van der Waals surface area contributed by atoms with Gasteiger partial charge in [0.2, 0.25) is 0 Å². The molecule has 0 aliphatic rings. The van der Waals surface area contributed by atoms with Crippen molar-refractivity contribution in [2.24, 2.45) is 0 Å². The van der Waals surface area contributed by atoms with Crippen molar-refractivity contribution < 1.29 is 9.90 Å². The van der Waals surface area contributed by atoms with Gasteiger partial charge < -0.3 is 15.7 Å². The molecule has 1 aromatic heterocycles. The van der Waals surface area contributed by atoms with Gasteiger partial charge >= 0.3 is 5.97 Å². The molecule has 5 nitrogen and oxygen atoms in total. The highest BCUT2D eigenvalue weighted by Gasteiger charge is 2.10. The summed E-state index contributed by atoms with van der Waals surface area (Å²) in [5, 5.41) is 15.3. The molecule has 0 aliphatic heterocycles. The second-order valence-electron chi connectivity index (χ2n) is 4.51. The Labute approximate surface area is 108 Å². The van der Waals surface area contributed by atoms with Gasteiger partial charge in [-0.15, -0.1) is 0 Å². The van der Waals surface area contributed by atoms with Gasteiger partial charge in [-0.2, -0.15) is 0 Å². The van der Waals surface area contributed by atoms with Crippen LogP contribution >= 0.6 is 0 Å². The van der Waals surface area contributed by atoms with Crippen LogP contribution in [0.1, 0.15) is 42.2 Å². The summed E-state index contributed by atoms with van der Waals surface area (Å²) in [6.07, 6.45) is 0.965. The molecule has 18 heavy (non-hydrogen) atoms. The molecule has 0 spiro atoms. The van der Waals surface area contributed by atoms with Crippen LogP contribution in [0.15, 0.2) is 12.1 Å². The number of hydrogen-bond donors (Lipinski definition) is 3. The van der Waals surface area contributed by atoms with Gasteiger partial charge in [-0.25, -0.2) is 9.78 Å². The number of rotatable bonds is 7. The Kier molecular flexibility index (Phi) is 5.58. The predicted octanol–water partition coefficient (Wildman–Crippen LogP) is 1.92.